The second kappa shape index (κ2) is 8.73. The smallest absolute Gasteiger partial charge is 0.243 e. The zero-order valence-electron chi connectivity index (χ0n) is 14.0. The lowest BCUT2D eigenvalue weighted by Gasteiger charge is -2.22. The molecule has 134 valence electrons. The Morgan fingerprint density at radius 2 is 1.72 bits per heavy atom. The average Bonchev–Trinajstić information content (AvgIpc) is 2.62. The van der Waals surface area contributed by atoms with Crippen molar-refractivity contribution >= 4 is 15.9 Å². The van der Waals surface area contributed by atoms with E-state index in [2.05, 4.69) is 5.32 Å². The Bertz CT molecular complexity index is 793. The summed E-state index contributed by atoms with van der Waals surface area (Å²) in [5, 5.41) is 2.68. The van der Waals surface area contributed by atoms with Crippen molar-refractivity contribution in [3.05, 3.63) is 66.0 Å². The number of nitrogens with zero attached hydrogens (tertiary/aromatic N) is 1. The lowest BCUT2D eigenvalue weighted by molar-refractivity contribution is -0.121. The van der Waals surface area contributed by atoms with Crippen molar-refractivity contribution in [1.82, 2.24) is 9.62 Å². The van der Waals surface area contributed by atoms with Gasteiger partial charge in [-0.25, -0.2) is 12.8 Å². The maximum absolute atomic E-state index is 13.1. The summed E-state index contributed by atoms with van der Waals surface area (Å²) in [6.45, 7) is 2.08. The Labute approximate surface area is 147 Å². The van der Waals surface area contributed by atoms with Crippen molar-refractivity contribution in [2.24, 2.45) is 0 Å². The molecular formula is C18H21FN2O3S. The second-order valence-electron chi connectivity index (χ2n) is 5.56. The van der Waals surface area contributed by atoms with Gasteiger partial charge in [0.25, 0.3) is 0 Å². The molecule has 0 radical (unpaired) electrons. The highest BCUT2D eigenvalue weighted by molar-refractivity contribution is 7.89. The van der Waals surface area contributed by atoms with Crippen LogP contribution in [0.2, 0.25) is 0 Å². The molecule has 0 saturated heterocycles. The SMILES string of the molecule is CCCNC(=O)CN(Cc1ccc(F)cc1)S(=O)(=O)c1ccccc1. The van der Waals surface area contributed by atoms with Crippen LogP contribution in [0.1, 0.15) is 18.9 Å². The molecule has 0 bridgehead atoms. The summed E-state index contributed by atoms with van der Waals surface area (Å²) < 4.78 is 39.9. The van der Waals surface area contributed by atoms with E-state index in [4.69, 9.17) is 0 Å². The van der Waals surface area contributed by atoms with Crippen LogP contribution < -0.4 is 5.32 Å². The molecule has 0 saturated carbocycles. The van der Waals surface area contributed by atoms with E-state index in [1.807, 2.05) is 6.92 Å². The van der Waals surface area contributed by atoms with E-state index in [0.29, 0.717) is 12.1 Å². The first-order valence-electron chi connectivity index (χ1n) is 8.00. The molecule has 0 aliphatic heterocycles. The van der Waals surface area contributed by atoms with Crippen LogP contribution in [0.25, 0.3) is 0 Å². The molecule has 0 aliphatic carbocycles. The molecule has 25 heavy (non-hydrogen) atoms. The highest BCUT2D eigenvalue weighted by Gasteiger charge is 2.26. The molecule has 0 atom stereocenters. The van der Waals surface area contributed by atoms with Crippen LogP contribution in [-0.4, -0.2) is 31.7 Å². The van der Waals surface area contributed by atoms with Crippen LogP contribution >= 0.6 is 0 Å². The third kappa shape index (κ3) is 5.37. The van der Waals surface area contributed by atoms with Gasteiger partial charge >= 0.3 is 0 Å². The molecule has 2 rings (SSSR count). The minimum atomic E-state index is -3.85. The minimum Gasteiger partial charge on any atom is -0.355 e. The largest absolute Gasteiger partial charge is 0.355 e. The predicted octanol–water partition coefficient (Wildman–Crippen LogP) is 2.54. The summed E-state index contributed by atoms with van der Waals surface area (Å²) in [7, 11) is -3.85. The van der Waals surface area contributed by atoms with Gasteiger partial charge in [-0.05, 0) is 36.2 Å². The first-order valence-corrected chi connectivity index (χ1v) is 9.44. The van der Waals surface area contributed by atoms with E-state index in [9.17, 15) is 17.6 Å². The van der Waals surface area contributed by atoms with Crippen LogP contribution in [0.4, 0.5) is 4.39 Å². The molecule has 0 heterocycles. The third-order valence-corrected chi connectivity index (χ3v) is 5.35. The number of benzene rings is 2. The highest BCUT2D eigenvalue weighted by atomic mass is 32.2. The molecule has 2 aromatic rings. The van der Waals surface area contributed by atoms with E-state index in [-0.39, 0.29) is 23.9 Å². The monoisotopic (exact) mass is 364 g/mol. The van der Waals surface area contributed by atoms with Gasteiger partial charge in [0.15, 0.2) is 0 Å². The standard InChI is InChI=1S/C18H21FN2O3S/c1-2-12-20-18(22)14-21(13-15-8-10-16(19)11-9-15)25(23,24)17-6-4-3-5-7-17/h3-11H,2,12-14H2,1H3,(H,20,22). The zero-order valence-corrected chi connectivity index (χ0v) is 14.8. The van der Waals surface area contributed by atoms with Crippen molar-refractivity contribution in [3.63, 3.8) is 0 Å². The quantitative estimate of drug-likeness (QED) is 0.783. The fourth-order valence-electron chi connectivity index (χ4n) is 2.24. The highest BCUT2D eigenvalue weighted by Crippen LogP contribution is 2.18. The first kappa shape index (κ1) is 19.1. The molecule has 0 fully saturated rings. The Kier molecular flexibility index (Phi) is 6.66. The molecule has 1 amide bonds. The number of hydrogen-bond acceptors (Lipinski definition) is 3. The van der Waals surface area contributed by atoms with Crippen LogP contribution in [0.15, 0.2) is 59.5 Å². The molecule has 7 heteroatoms. The number of nitrogens with one attached hydrogen (secondary N) is 1. The van der Waals surface area contributed by atoms with E-state index >= 15 is 0 Å². The Balaban J connectivity index is 2.27. The molecule has 0 aliphatic rings. The summed E-state index contributed by atoms with van der Waals surface area (Å²) in [5.74, 6) is -0.773. The maximum Gasteiger partial charge on any atom is 0.243 e. The van der Waals surface area contributed by atoms with Gasteiger partial charge in [0, 0.05) is 13.1 Å². The number of amides is 1. The molecule has 2 aromatic carbocycles. The number of carbonyl (C=O) groups excluding carboxylic acids is 1. The van der Waals surface area contributed by atoms with E-state index in [0.717, 1.165) is 10.7 Å². The molecule has 0 aromatic heterocycles. The fourth-order valence-corrected chi connectivity index (χ4v) is 3.65. The lowest BCUT2D eigenvalue weighted by Crippen LogP contribution is -2.40. The number of sulfonamides is 1. The Hall–Kier alpha value is -2.25. The van der Waals surface area contributed by atoms with Gasteiger partial charge in [0.05, 0.1) is 11.4 Å². The van der Waals surface area contributed by atoms with E-state index in [1.165, 1.54) is 36.4 Å². The maximum atomic E-state index is 13.1. The van der Waals surface area contributed by atoms with Crippen LogP contribution in [-0.2, 0) is 21.4 Å². The number of rotatable bonds is 8. The van der Waals surface area contributed by atoms with Crippen molar-refractivity contribution in [2.75, 3.05) is 13.1 Å². The Morgan fingerprint density at radius 3 is 2.32 bits per heavy atom. The van der Waals surface area contributed by atoms with Crippen molar-refractivity contribution in [2.45, 2.75) is 24.8 Å². The zero-order chi connectivity index (χ0) is 18.3. The van der Waals surface area contributed by atoms with Gasteiger partial charge in [-0.3, -0.25) is 4.79 Å². The Morgan fingerprint density at radius 1 is 1.08 bits per heavy atom. The minimum absolute atomic E-state index is 0.0168. The van der Waals surface area contributed by atoms with Crippen LogP contribution in [0.5, 0.6) is 0 Å². The summed E-state index contributed by atoms with van der Waals surface area (Å²) in [6, 6.07) is 13.5. The fraction of sp³-hybridized carbons (Fsp3) is 0.278. The normalized spacial score (nSPS) is 11.5. The summed E-state index contributed by atoms with van der Waals surface area (Å²) >= 11 is 0. The number of carbonyl (C=O) groups is 1. The van der Waals surface area contributed by atoms with Gasteiger partial charge in [0.2, 0.25) is 15.9 Å². The van der Waals surface area contributed by atoms with Gasteiger partial charge in [-0.2, -0.15) is 4.31 Å². The molecule has 5 nitrogen and oxygen atoms in total. The topological polar surface area (TPSA) is 66.5 Å². The third-order valence-electron chi connectivity index (χ3n) is 3.55. The molecule has 0 unspecified atom stereocenters. The van der Waals surface area contributed by atoms with E-state index in [1.54, 1.807) is 18.2 Å². The van der Waals surface area contributed by atoms with Gasteiger partial charge < -0.3 is 5.32 Å². The number of hydrogen-bond donors (Lipinski definition) is 1. The number of halogens is 1. The van der Waals surface area contributed by atoms with Crippen LogP contribution in [0, 0.1) is 5.82 Å². The van der Waals surface area contributed by atoms with Gasteiger partial charge in [-0.1, -0.05) is 37.3 Å². The van der Waals surface area contributed by atoms with Crippen molar-refractivity contribution in [1.29, 1.82) is 0 Å². The summed E-state index contributed by atoms with van der Waals surface area (Å²) in [4.78, 5) is 12.2. The van der Waals surface area contributed by atoms with Crippen LogP contribution in [0.3, 0.4) is 0 Å². The van der Waals surface area contributed by atoms with Crippen molar-refractivity contribution in [3.8, 4) is 0 Å². The van der Waals surface area contributed by atoms with E-state index < -0.39 is 15.8 Å². The molecule has 1 N–H and O–H groups in total. The molecular weight excluding hydrogens is 343 g/mol. The molecule has 0 spiro atoms. The lowest BCUT2D eigenvalue weighted by atomic mass is 10.2. The second-order valence-corrected chi connectivity index (χ2v) is 7.50. The van der Waals surface area contributed by atoms with Gasteiger partial charge in [0.1, 0.15) is 5.82 Å². The average molecular weight is 364 g/mol. The van der Waals surface area contributed by atoms with Gasteiger partial charge in [-0.15, -0.1) is 0 Å². The summed E-state index contributed by atoms with van der Waals surface area (Å²) in [6.07, 6.45) is 0.759. The van der Waals surface area contributed by atoms with Crippen molar-refractivity contribution < 1.29 is 17.6 Å². The summed E-state index contributed by atoms with van der Waals surface area (Å²) in [5.41, 5.74) is 0.601. The first-order chi connectivity index (χ1) is 11.9. The predicted molar refractivity (Wildman–Crippen MR) is 93.7 cm³/mol.